The fourth-order valence-electron chi connectivity index (χ4n) is 2.75. The molecule has 0 aliphatic heterocycles. The predicted molar refractivity (Wildman–Crippen MR) is 110 cm³/mol. The number of rotatable bonds is 9. The van der Waals surface area contributed by atoms with Crippen LogP contribution in [0.4, 0.5) is 20.3 Å². The summed E-state index contributed by atoms with van der Waals surface area (Å²) in [6.07, 6.45) is 2.06. The Morgan fingerprint density at radius 1 is 1.21 bits per heavy atom. The largest absolute Gasteiger partial charge is 0.383 e. The topological polar surface area (TPSA) is 101 Å². The second-order valence-corrected chi connectivity index (χ2v) is 7.46. The highest BCUT2D eigenvalue weighted by atomic mass is 32.2. The summed E-state index contributed by atoms with van der Waals surface area (Å²) < 4.78 is 27.7. The van der Waals surface area contributed by atoms with Gasteiger partial charge in [-0.15, -0.1) is 11.8 Å². The number of benzene rings is 1. The standard InChI is InChI=1S/C19H24F2N4O3S/c1-3-5-9-25-17(22)16(18(27)23-19(25)28)24(8-4-2)15(26)11-29-12-6-7-13(20)14(21)10-12/h6-7,10H,3-5,8-9,11,22H2,1-2H3,(H,23,27,28). The van der Waals surface area contributed by atoms with Crippen molar-refractivity contribution in [2.24, 2.45) is 0 Å². The van der Waals surface area contributed by atoms with E-state index >= 15 is 0 Å². The van der Waals surface area contributed by atoms with Crippen LogP contribution in [-0.4, -0.2) is 27.8 Å². The minimum atomic E-state index is -1.00. The van der Waals surface area contributed by atoms with Crippen molar-refractivity contribution in [1.29, 1.82) is 0 Å². The number of unbranched alkanes of at least 4 members (excludes halogenated alkanes) is 1. The molecule has 2 aromatic rings. The third-order valence-electron chi connectivity index (χ3n) is 4.22. The average molecular weight is 426 g/mol. The lowest BCUT2D eigenvalue weighted by atomic mass is 10.3. The molecule has 0 saturated carbocycles. The van der Waals surface area contributed by atoms with Crippen LogP contribution < -0.4 is 21.9 Å². The number of aromatic amines is 1. The van der Waals surface area contributed by atoms with Gasteiger partial charge in [0.05, 0.1) is 5.75 Å². The lowest BCUT2D eigenvalue weighted by Crippen LogP contribution is -2.42. The van der Waals surface area contributed by atoms with Crippen LogP contribution in [0.3, 0.4) is 0 Å². The van der Waals surface area contributed by atoms with Crippen molar-refractivity contribution in [3.05, 3.63) is 50.7 Å². The fraction of sp³-hybridized carbons (Fsp3) is 0.421. The van der Waals surface area contributed by atoms with Gasteiger partial charge < -0.3 is 10.6 Å². The van der Waals surface area contributed by atoms with Crippen molar-refractivity contribution < 1.29 is 13.6 Å². The molecule has 10 heteroatoms. The molecular weight excluding hydrogens is 402 g/mol. The molecule has 0 bridgehead atoms. The number of nitrogens with two attached hydrogens (primary N) is 1. The van der Waals surface area contributed by atoms with E-state index in [-0.39, 0.29) is 23.8 Å². The minimum absolute atomic E-state index is 0.0631. The Hall–Kier alpha value is -2.62. The maximum absolute atomic E-state index is 13.4. The van der Waals surface area contributed by atoms with E-state index in [1.807, 2.05) is 13.8 Å². The van der Waals surface area contributed by atoms with Gasteiger partial charge >= 0.3 is 5.69 Å². The highest BCUT2D eigenvalue weighted by molar-refractivity contribution is 8.00. The van der Waals surface area contributed by atoms with Gasteiger partial charge in [-0.25, -0.2) is 13.6 Å². The van der Waals surface area contributed by atoms with Gasteiger partial charge in [0.1, 0.15) is 5.82 Å². The number of amides is 1. The number of aromatic nitrogens is 2. The van der Waals surface area contributed by atoms with E-state index < -0.39 is 28.8 Å². The molecule has 0 fully saturated rings. The molecule has 0 radical (unpaired) electrons. The first-order chi connectivity index (χ1) is 13.8. The van der Waals surface area contributed by atoms with Crippen molar-refractivity contribution in [3.8, 4) is 0 Å². The molecule has 29 heavy (non-hydrogen) atoms. The Morgan fingerprint density at radius 2 is 1.93 bits per heavy atom. The molecule has 3 N–H and O–H groups in total. The highest BCUT2D eigenvalue weighted by Crippen LogP contribution is 2.23. The summed E-state index contributed by atoms with van der Waals surface area (Å²) in [5.41, 5.74) is 4.66. The van der Waals surface area contributed by atoms with Crippen molar-refractivity contribution in [3.63, 3.8) is 0 Å². The van der Waals surface area contributed by atoms with Crippen molar-refractivity contribution in [2.45, 2.75) is 44.6 Å². The molecule has 158 valence electrons. The Labute approximate surface area is 170 Å². The van der Waals surface area contributed by atoms with E-state index in [9.17, 15) is 23.2 Å². The van der Waals surface area contributed by atoms with E-state index in [4.69, 9.17) is 5.73 Å². The zero-order valence-corrected chi connectivity index (χ0v) is 17.2. The number of halogens is 2. The first kappa shape index (κ1) is 22.7. The van der Waals surface area contributed by atoms with Crippen LogP contribution in [0, 0.1) is 11.6 Å². The van der Waals surface area contributed by atoms with Crippen LogP contribution in [0.15, 0.2) is 32.7 Å². The number of nitrogen functional groups attached to an aromatic ring is 1. The van der Waals surface area contributed by atoms with Crippen molar-refractivity contribution in [1.82, 2.24) is 9.55 Å². The smallest absolute Gasteiger partial charge is 0.330 e. The molecule has 0 saturated heterocycles. The Balaban J connectivity index is 2.32. The quantitative estimate of drug-likeness (QED) is 0.601. The Morgan fingerprint density at radius 3 is 2.55 bits per heavy atom. The van der Waals surface area contributed by atoms with Crippen LogP contribution in [0.2, 0.25) is 0 Å². The minimum Gasteiger partial charge on any atom is -0.383 e. The van der Waals surface area contributed by atoms with E-state index in [2.05, 4.69) is 4.98 Å². The molecular formula is C19H24F2N4O3S. The molecule has 1 amide bonds. The van der Waals surface area contributed by atoms with Gasteiger partial charge in [-0.3, -0.25) is 19.1 Å². The lowest BCUT2D eigenvalue weighted by molar-refractivity contribution is -0.116. The number of H-pyrrole nitrogens is 1. The molecule has 1 aromatic heterocycles. The van der Waals surface area contributed by atoms with Crippen LogP contribution >= 0.6 is 11.8 Å². The van der Waals surface area contributed by atoms with Gasteiger partial charge in [-0.1, -0.05) is 20.3 Å². The number of hydrogen-bond acceptors (Lipinski definition) is 5. The molecule has 1 aromatic carbocycles. The zero-order valence-electron chi connectivity index (χ0n) is 16.3. The van der Waals surface area contributed by atoms with Crippen LogP contribution in [0.1, 0.15) is 33.1 Å². The van der Waals surface area contributed by atoms with Crippen LogP contribution in [0.25, 0.3) is 0 Å². The summed E-state index contributed by atoms with van der Waals surface area (Å²) >= 11 is 1.01. The Kier molecular flexibility index (Phi) is 8.00. The van der Waals surface area contributed by atoms with Gasteiger partial charge in [0.25, 0.3) is 5.56 Å². The maximum atomic E-state index is 13.4. The normalized spacial score (nSPS) is 10.9. The van der Waals surface area contributed by atoms with Gasteiger partial charge in [0.2, 0.25) is 5.91 Å². The van der Waals surface area contributed by atoms with Crippen molar-refractivity contribution >= 4 is 29.2 Å². The molecule has 0 unspecified atom stereocenters. The molecule has 0 spiro atoms. The summed E-state index contributed by atoms with van der Waals surface area (Å²) in [4.78, 5) is 41.2. The predicted octanol–water partition coefficient (Wildman–Crippen LogP) is 2.73. The summed E-state index contributed by atoms with van der Waals surface area (Å²) in [7, 11) is 0. The van der Waals surface area contributed by atoms with Gasteiger partial charge in [0, 0.05) is 18.0 Å². The van der Waals surface area contributed by atoms with Crippen LogP contribution in [-0.2, 0) is 11.3 Å². The third kappa shape index (κ3) is 5.47. The lowest BCUT2D eigenvalue weighted by Gasteiger charge is -2.24. The van der Waals surface area contributed by atoms with Gasteiger partial charge in [-0.2, -0.15) is 0 Å². The summed E-state index contributed by atoms with van der Waals surface area (Å²) in [6.45, 7) is 4.33. The molecule has 7 nitrogen and oxygen atoms in total. The molecule has 0 atom stereocenters. The number of nitrogens with one attached hydrogen (secondary N) is 1. The number of carbonyl (C=O) groups is 1. The number of thioether (sulfide) groups is 1. The van der Waals surface area contributed by atoms with Crippen LogP contribution in [0.5, 0.6) is 0 Å². The molecule has 1 heterocycles. The molecule has 0 aliphatic rings. The number of anilines is 2. The fourth-order valence-corrected chi connectivity index (χ4v) is 3.55. The summed E-state index contributed by atoms with van der Waals surface area (Å²) in [5, 5.41) is 0. The second kappa shape index (κ2) is 10.2. The first-order valence-corrected chi connectivity index (χ1v) is 10.3. The van der Waals surface area contributed by atoms with E-state index in [0.29, 0.717) is 24.3 Å². The van der Waals surface area contributed by atoms with Gasteiger partial charge in [-0.05, 0) is 31.0 Å². The highest BCUT2D eigenvalue weighted by Gasteiger charge is 2.23. The van der Waals surface area contributed by atoms with Gasteiger partial charge in [0.15, 0.2) is 17.3 Å². The zero-order chi connectivity index (χ0) is 21.6. The number of nitrogens with zero attached hydrogens (tertiary/aromatic N) is 2. The first-order valence-electron chi connectivity index (χ1n) is 9.30. The second-order valence-electron chi connectivity index (χ2n) is 6.41. The summed E-state index contributed by atoms with van der Waals surface area (Å²) in [5.74, 6) is -2.58. The Bertz CT molecular complexity index is 990. The number of carbonyl (C=O) groups excluding carboxylic acids is 1. The maximum Gasteiger partial charge on any atom is 0.330 e. The van der Waals surface area contributed by atoms with E-state index in [1.54, 1.807) is 0 Å². The van der Waals surface area contributed by atoms with E-state index in [0.717, 1.165) is 30.3 Å². The monoisotopic (exact) mass is 426 g/mol. The molecule has 2 rings (SSSR count). The third-order valence-corrected chi connectivity index (χ3v) is 5.20. The SMILES string of the molecule is CCCCn1c(N)c(N(CCC)C(=O)CSc2ccc(F)c(F)c2)c(=O)[nH]c1=O. The summed E-state index contributed by atoms with van der Waals surface area (Å²) in [6, 6.07) is 3.36. The molecule has 0 aliphatic carbocycles. The number of hydrogen-bond donors (Lipinski definition) is 2. The average Bonchev–Trinajstić information content (AvgIpc) is 2.67. The van der Waals surface area contributed by atoms with E-state index in [1.165, 1.54) is 15.5 Å². The van der Waals surface area contributed by atoms with Crippen molar-refractivity contribution in [2.75, 3.05) is 22.9 Å².